The number of nitrogens with one attached hydrogen (secondary N) is 1. The summed E-state index contributed by atoms with van der Waals surface area (Å²) in [5.74, 6) is 1.32. The number of carbonyl (C=O) groups is 1. The third-order valence-electron chi connectivity index (χ3n) is 5.06. The molecular formula is C21H39IN4O2. The zero-order valence-electron chi connectivity index (χ0n) is 18.0. The minimum Gasteiger partial charge on any atom is -0.469 e. The van der Waals surface area contributed by atoms with Crippen LogP contribution >= 0.6 is 24.0 Å². The maximum atomic E-state index is 11.7. The molecule has 1 saturated heterocycles. The predicted molar refractivity (Wildman–Crippen MR) is 128 cm³/mol. The number of rotatable bonds is 10. The Morgan fingerprint density at radius 1 is 1.29 bits per heavy atom. The second kappa shape index (κ2) is 14.8. The maximum Gasteiger partial charge on any atom is 0.308 e. The third kappa shape index (κ3) is 8.51. The van der Waals surface area contributed by atoms with E-state index in [-0.39, 0.29) is 35.9 Å². The van der Waals surface area contributed by atoms with Gasteiger partial charge in [-0.05, 0) is 25.7 Å². The van der Waals surface area contributed by atoms with Crippen LogP contribution in [-0.4, -0.2) is 74.1 Å². The van der Waals surface area contributed by atoms with Crippen LogP contribution in [0, 0.1) is 11.8 Å². The standard InChI is InChI=1S/C21H38N4O2.HI/c1-7-12-24(13-8-2)19(17(4)5)16-23-21(22-9-3)25-14-10-18(11-15-25)20(26)27-6;/h7-8,17-19H,1-2,9-16H2,3-6H3,(H,22,23);1H. The Labute approximate surface area is 188 Å². The summed E-state index contributed by atoms with van der Waals surface area (Å²) in [5.41, 5.74) is 0. The Balaban J connectivity index is 0.00000729. The molecule has 1 N–H and O–H groups in total. The van der Waals surface area contributed by atoms with Gasteiger partial charge in [-0.15, -0.1) is 37.1 Å². The van der Waals surface area contributed by atoms with E-state index in [2.05, 4.69) is 49.0 Å². The number of halogens is 1. The van der Waals surface area contributed by atoms with Gasteiger partial charge in [0.2, 0.25) is 0 Å². The number of ether oxygens (including phenoxy) is 1. The van der Waals surface area contributed by atoms with Gasteiger partial charge in [0.15, 0.2) is 5.96 Å². The van der Waals surface area contributed by atoms with Crippen molar-refractivity contribution in [2.45, 2.75) is 39.7 Å². The monoisotopic (exact) mass is 506 g/mol. The molecule has 0 spiro atoms. The van der Waals surface area contributed by atoms with Crippen LogP contribution in [-0.2, 0) is 9.53 Å². The van der Waals surface area contributed by atoms with Crippen LogP contribution in [0.25, 0.3) is 0 Å². The number of aliphatic imine (C=N–C) groups is 1. The summed E-state index contributed by atoms with van der Waals surface area (Å²) in [4.78, 5) is 21.3. The summed E-state index contributed by atoms with van der Waals surface area (Å²) in [6, 6.07) is 0.322. The highest BCUT2D eigenvalue weighted by molar-refractivity contribution is 14.0. The molecular weight excluding hydrogens is 467 g/mol. The van der Waals surface area contributed by atoms with Crippen LogP contribution in [0.15, 0.2) is 30.3 Å². The molecule has 1 aliphatic heterocycles. The van der Waals surface area contributed by atoms with E-state index in [4.69, 9.17) is 9.73 Å². The van der Waals surface area contributed by atoms with Crippen LogP contribution in [0.1, 0.15) is 33.6 Å². The first-order valence-corrected chi connectivity index (χ1v) is 10.0. The minimum absolute atomic E-state index is 0. The van der Waals surface area contributed by atoms with Crippen LogP contribution in [0.3, 0.4) is 0 Å². The second-order valence-electron chi connectivity index (χ2n) is 7.32. The number of piperidine rings is 1. The Bertz CT molecular complexity index is 493. The van der Waals surface area contributed by atoms with Gasteiger partial charge in [-0.2, -0.15) is 0 Å². The molecule has 0 aromatic rings. The molecule has 6 nitrogen and oxygen atoms in total. The summed E-state index contributed by atoms with van der Waals surface area (Å²) >= 11 is 0. The van der Waals surface area contributed by atoms with E-state index < -0.39 is 0 Å². The second-order valence-corrected chi connectivity index (χ2v) is 7.32. The first kappa shape index (κ1) is 26.9. The molecule has 1 aliphatic rings. The van der Waals surface area contributed by atoms with Crippen LogP contribution < -0.4 is 5.32 Å². The number of carbonyl (C=O) groups excluding carboxylic acids is 1. The molecule has 0 aromatic heterocycles. The molecule has 162 valence electrons. The van der Waals surface area contributed by atoms with Crippen molar-refractivity contribution in [3.8, 4) is 0 Å². The third-order valence-corrected chi connectivity index (χ3v) is 5.06. The predicted octanol–water partition coefficient (Wildman–Crippen LogP) is 3.15. The highest BCUT2D eigenvalue weighted by Crippen LogP contribution is 2.19. The first-order chi connectivity index (χ1) is 13.0. The average Bonchev–Trinajstić information content (AvgIpc) is 2.67. The quantitative estimate of drug-likeness (QED) is 0.162. The molecule has 0 radical (unpaired) electrons. The van der Waals surface area contributed by atoms with Gasteiger partial charge in [-0.25, -0.2) is 0 Å². The van der Waals surface area contributed by atoms with Gasteiger partial charge in [0.25, 0.3) is 0 Å². The molecule has 28 heavy (non-hydrogen) atoms. The topological polar surface area (TPSA) is 57.2 Å². The number of esters is 1. The van der Waals surface area contributed by atoms with Crippen LogP contribution in [0.2, 0.25) is 0 Å². The molecule has 0 amide bonds. The summed E-state index contributed by atoms with van der Waals surface area (Å²) in [6.07, 6.45) is 5.49. The van der Waals surface area contributed by atoms with Crippen molar-refractivity contribution >= 4 is 35.9 Å². The lowest BCUT2D eigenvalue weighted by molar-refractivity contribution is -0.146. The van der Waals surface area contributed by atoms with Crippen molar-refractivity contribution < 1.29 is 9.53 Å². The maximum absolute atomic E-state index is 11.7. The van der Waals surface area contributed by atoms with Crippen molar-refractivity contribution in [3.05, 3.63) is 25.3 Å². The average molecular weight is 506 g/mol. The van der Waals surface area contributed by atoms with Gasteiger partial charge >= 0.3 is 5.97 Å². The van der Waals surface area contributed by atoms with Crippen molar-refractivity contribution in [1.82, 2.24) is 15.1 Å². The smallest absolute Gasteiger partial charge is 0.308 e. The zero-order valence-corrected chi connectivity index (χ0v) is 20.4. The fourth-order valence-electron chi connectivity index (χ4n) is 3.52. The Morgan fingerprint density at radius 2 is 1.86 bits per heavy atom. The molecule has 1 rings (SSSR count). The van der Waals surface area contributed by atoms with Gasteiger partial charge in [-0.3, -0.25) is 14.7 Å². The number of guanidine groups is 1. The van der Waals surface area contributed by atoms with E-state index >= 15 is 0 Å². The summed E-state index contributed by atoms with van der Waals surface area (Å²) in [6.45, 7) is 19.1. The summed E-state index contributed by atoms with van der Waals surface area (Å²) in [7, 11) is 1.46. The Kier molecular flexibility index (Phi) is 14.3. The van der Waals surface area contributed by atoms with E-state index in [0.717, 1.165) is 58.1 Å². The Hall–Kier alpha value is -1.09. The van der Waals surface area contributed by atoms with Gasteiger partial charge < -0.3 is 15.0 Å². The molecule has 0 saturated carbocycles. The summed E-state index contributed by atoms with van der Waals surface area (Å²) < 4.78 is 4.89. The highest BCUT2D eigenvalue weighted by atomic mass is 127. The Morgan fingerprint density at radius 3 is 2.29 bits per heavy atom. The van der Waals surface area contributed by atoms with Crippen LogP contribution in [0.5, 0.6) is 0 Å². The lowest BCUT2D eigenvalue weighted by Gasteiger charge is -2.35. The molecule has 1 atom stereocenters. The molecule has 0 aromatic carbocycles. The molecule has 0 bridgehead atoms. The first-order valence-electron chi connectivity index (χ1n) is 10.0. The van der Waals surface area contributed by atoms with Crippen molar-refractivity contribution in [2.24, 2.45) is 16.8 Å². The number of hydrogen-bond acceptors (Lipinski definition) is 4. The fourth-order valence-corrected chi connectivity index (χ4v) is 3.52. The molecule has 1 heterocycles. The lowest BCUT2D eigenvalue weighted by atomic mass is 9.97. The van der Waals surface area contributed by atoms with Crippen molar-refractivity contribution in [3.63, 3.8) is 0 Å². The van der Waals surface area contributed by atoms with Crippen molar-refractivity contribution in [2.75, 3.05) is 46.4 Å². The summed E-state index contributed by atoms with van der Waals surface area (Å²) in [5, 5.41) is 3.41. The SMILES string of the molecule is C=CCN(CC=C)C(CN=C(NCC)N1CCC(C(=O)OC)CC1)C(C)C.I. The lowest BCUT2D eigenvalue weighted by Crippen LogP contribution is -2.48. The van der Waals surface area contributed by atoms with E-state index in [9.17, 15) is 4.79 Å². The largest absolute Gasteiger partial charge is 0.469 e. The normalized spacial score (nSPS) is 16.5. The van der Waals surface area contributed by atoms with Gasteiger partial charge in [0.1, 0.15) is 0 Å². The zero-order chi connectivity index (χ0) is 20.2. The van der Waals surface area contributed by atoms with Gasteiger partial charge in [0, 0.05) is 38.8 Å². The van der Waals surface area contributed by atoms with E-state index in [1.54, 1.807) is 0 Å². The highest BCUT2D eigenvalue weighted by Gasteiger charge is 2.27. The number of nitrogens with zero attached hydrogens (tertiary/aromatic N) is 3. The van der Waals surface area contributed by atoms with Crippen LogP contribution in [0.4, 0.5) is 0 Å². The van der Waals surface area contributed by atoms with Gasteiger partial charge in [-0.1, -0.05) is 26.0 Å². The van der Waals surface area contributed by atoms with E-state index in [0.29, 0.717) is 12.0 Å². The van der Waals surface area contributed by atoms with E-state index in [1.807, 2.05) is 12.2 Å². The molecule has 1 fully saturated rings. The van der Waals surface area contributed by atoms with Crippen molar-refractivity contribution in [1.29, 1.82) is 0 Å². The fraction of sp³-hybridized carbons (Fsp3) is 0.714. The van der Waals surface area contributed by atoms with Gasteiger partial charge in [0.05, 0.1) is 19.6 Å². The molecule has 0 aliphatic carbocycles. The molecule has 1 unspecified atom stereocenters. The molecule has 7 heteroatoms. The van der Waals surface area contributed by atoms with E-state index in [1.165, 1.54) is 7.11 Å². The minimum atomic E-state index is -0.0963. The number of likely N-dealkylation sites (tertiary alicyclic amines) is 1. The number of hydrogen-bond donors (Lipinski definition) is 1. The number of methoxy groups -OCH3 is 1.